The van der Waals surface area contributed by atoms with E-state index in [4.69, 9.17) is 10.2 Å². The summed E-state index contributed by atoms with van der Waals surface area (Å²) in [6.45, 7) is 4.95. The van der Waals surface area contributed by atoms with Crippen LogP contribution in [0, 0.1) is 0 Å². The molecular formula is C12H23N3O4S. The van der Waals surface area contributed by atoms with Gasteiger partial charge >= 0.3 is 0 Å². The smallest absolute Gasteiger partial charge is 0.246 e. The van der Waals surface area contributed by atoms with Crippen molar-refractivity contribution in [2.75, 3.05) is 26.3 Å². The van der Waals surface area contributed by atoms with Crippen LogP contribution in [-0.4, -0.2) is 59.0 Å². The minimum atomic E-state index is -3.79. The molecule has 0 amide bonds. The third-order valence-electron chi connectivity index (χ3n) is 2.82. The summed E-state index contributed by atoms with van der Waals surface area (Å²) in [6, 6.07) is 0. The van der Waals surface area contributed by atoms with Gasteiger partial charge in [-0.05, 0) is 0 Å². The fourth-order valence-electron chi connectivity index (χ4n) is 1.89. The number of aryl methyl sites for hydroxylation is 1. The minimum Gasteiger partial charge on any atom is -0.395 e. The largest absolute Gasteiger partial charge is 0.395 e. The van der Waals surface area contributed by atoms with E-state index < -0.39 is 15.4 Å². The van der Waals surface area contributed by atoms with E-state index in [-0.39, 0.29) is 31.2 Å². The zero-order valence-electron chi connectivity index (χ0n) is 12.4. The second kappa shape index (κ2) is 6.21. The van der Waals surface area contributed by atoms with Crippen LogP contribution in [0.5, 0.6) is 0 Å². The fraction of sp³-hybridized carbons (Fsp3) is 0.750. The van der Waals surface area contributed by atoms with Crippen LogP contribution in [-0.2, 0) is 22.5 Å². The zero-order chi connectivity index (χ0) is 15.6. The number of aliphatic hydroxyl groups is 2. The third kappa shape index (κ3) is 3.57. The van der Waals surface area contributed by atoms with Gasteiger partial charge in [0.25, 0.3) is 0 Å². The second-order valence-corrected chi connectivity index (χ2v) is 7.52. The van der Waals surface area contributed by atoms with E-state index in [0.717, 1.165) is 4.31 Å². The van der Waals surface area contributed by atoms with Crippen molar-refractivity contribution in [1.29, 1.82) is 0 Å². The number of rotatable bonds is 6. The monoisotopic (exact) mass is 305 g/mol. The second-order valence-electron chi connectivity index (χ2n) is 5.62. The lowest BCUT2D eigenvalue weighted by molar-refractivity contribution is 0.217. The Morgan fingerprint density at radius 3 is 2.15 bits per heavy atom. The van der Waals surface area contributed by atoms with Crippen LogP contribution in [0.1, 0.15) is 26.5 Å². The topological polar surface area (TPSA) is 95.7 Å². The maximum atomic E-state index is 12.6. The number of aliphatic hydroxyl groups excluding tert-OH is 2. The van der Waals surface area contributed by atoms with Gasteiger partial charge in [0.1, 0.15) is 4.90 Å². The van der Waals surface area contributed by atoms with Gasteiger partial charge in [-0.15, -0.1) is 0 Å². The molecule has 1 rings (SSSR count). The molecule has 1 aromatic rings. The highest BCUT2D eigenvalue weighted by molar-refractivity contribution is 7.89. The van der Waals surface area contributed by atoms with Crippen molar-refractivity contribution in [2.24, 2.45) is 7.05 Å². The average molecular weight is 305 g/mol. The minimum absolute atomic E-state index is 0.0542. The average Bonchev–Trinajstić information content (AvgIpc) is 2.71. The molecule has 0 radical (unpaired) electrons. The Bertz CT molecular complexity index is 540. The molecule has 7 nitrogen and oxygen atoms in total. The number of hydrogen-bond acceptors (Lipinski definition) is 5. The lowest BCUT2D eigenvalue weighted by Gasteiger charge is -2.23. The molecule has 0 fully saturated rings. The lowest BCUT2D eigenvalue weighted by Crippen LogP contribution is -2.36. The summed E-state index contributed by atoms with van der Waals surface area (Å²) in [5.41, 5.74) is 0.0502. The van der Waals surface area contributed by atoms with Gasteiger partial charge in [0.15, 0.2) is 0 Å². The summed E-state index contributed by atoms with van der Waals surface area (Å²) >= 11 is 0. The first-order valence-electron chi connectivity index (χ1n) is 6.40. The highest BCUT2D eigenvalue weighted by Gasteiger charge is 2.33. The first-order chi connectivity index (χ1) is 9.14. The van der Waals surface area contributed by atoms with E-state index in [9.17, 15) is 8.42 Å². The Balaban J connectivity index is 3.34. The Labute approximate surface area is 119 Å². The molecule has 0 saturated carbocycles. The Morgan fingerprint density at radius 1 is 1.25 bits per heavy atom. The van der Waals surface area contributed by atoms with Gasteiger partial charge in [0, 0.05) is 31.7 Å². The third-order valence-corrected chi connectivity index (χ3v) is 4.72. The molecule has 1 aromatic heterocycles. The molecule has 20 heavy (non-hydrogen) atoms. The van der Waals surface area contributed by atoms with Crippen LogP contribution in [0.25, 0.3) is 0 Å². The van der Waals surface area contributed by atoms with E-state index in [1.165, 1.54) is 10.9 Å². The normalized spacial score (nSPS) is 13.2. The van der Waals surface area contributed by atoms with E-state index in [2.05, 4.69) is 5.10 Å². The van der Waals surface area contributed by atoms with Crippen molar-refractivity contribution in [3.05, 3.63) is 11.9 Å². The summed E-state index contributed by atoms with van der Waals surface area (Å²) in [5.74, 6) is 0. The highest BCUT2D eigenvalue weighted by atomic mass is 32.2. The molecule has 2 N–H and O–H groups in total. The van der Waals surface area contributed by atoms with Crippen molar-refractivity contribution >= 4 is 10.0 Å². The van der Waals surface area contributed by atoms with E-state index >= 15 is 0 Å². The molecule has 0 unspecified atom stereocenters. The summed E-state index contributed by atoms with van der Waals surface area (Å²) < 4.78 is 27.8. The van der Waals surface area contributed by atoms with Crippen LogP contribution in [0.3, 0.4) is 0 Å². The van der Waals surface area contributed by atoms with Gasteiger partial charge in [-0.3, -0.25) is 4.68 Å². The molecule has 116 valence electrons. The van der Waals surface area contributed by atoms with Crippen molar-refractivity contribution < 1.29 is 18.6 Å². The van der Waals surface area contributed by atoms with Gasteiger partial charge in [0.05, 0.1) is 18.9 Å². The van der Waals surface area contributed by atoms with Crippen LogP contribution in [0.15, 0.2) is 11.1 Å². The van der Waals surface area contributed by atoms with Crippen molar-refractivity contribution in [1.82, 2.24) is 14.1 Å². The molecule has 1 heterocycles. The Kier molecular flexibility index (Phi) is 5.31. The van der Waals surface area contributed by atoms with Crippen LogP contribution in [0.2, 0.25) is 0 Å². The van der Waals surface area contributed by atoms with E-state index in [1.807, 2.05) is 20.8 Å². The molecule has 0 atom stereocenters. The number of hydrogen-bond donors (Lipinski definition) is 2. The molecule has 0 aromatic carbocycles. The Morgan fingerprint density at radius 2 is 1.75 bits per heavy atom. The van der Waals surface area contributed by atoms with E-state index in [1.54, 1.807) is 7.05 Å². The first-order valence-corrected chi connectivity index (χ1v) is 7.84. The summed E-state index contributed by atoms with van der Waals surface area (Å²) in [5, 5.41) is 22.2. The first kappa shape index (κ1) is 17.1. The van der Waals surface area contributed by atoms with Gasteiger partial charge in [-0.2, -0.15) is 9.40 Å². The molecule has 8 heteroatoms. The van der Waals surface area contributed by atoms with Gasteiger partial charge in [-0.1, -0.05) is 20.8 Å². The molecular weight excluding hydrogens is 282 g/mol. The maximum absolute atomic E-state index is 12.6. The van der Waals surface area contributed by atoms with E-state index in [0.29, 0.717) is 5.69 Å². The van der Waals surface area contributed by atoms with Gasteiger partial charge < -0.3 is 10.2 Å². The number of sulfonamides is 1. The number of aromatic nitrogens is 2. The quantitative estimate of drug-likeness (QED) is 0.752. The fourth-order valence-corrected chi connectivity index (χ4v) is 3.69. The predicted molar refractivity (Wildman–Crippen MR) is 74.8 cm³/mol. The number of nitrogens with zero attached hydrogens (tertiary/aromatic N) is 3. The molecule has 0 saturated heterocycles. The predicted octanol–water partition coefficient (Wildman–Crippen LogP) is -0.307. The Hall–Kier alpha value is -0.960. The van der Waals surface area contributed by atoms with Crippen molar-refractivity contribution in [3.63, 3.8) is 0 Å². The van der Waals surface area contributed by atoms with Crippen molar-refractivity contribution in [3.8, 4) is 0 Å². The van der Waals surface area contributed by atoms with Crippen LogP contribution < -0.4 is 0 Å². The maximum Gasteiger partial charge on any atom is 0.246 e. The molecule has 0 aliphatic heterocycles. The lowest BCUT2D eigenvalue weighted by atomic mass is 9.92. The van der Waals surface area contributed by atoms with Gasteiger partial charge in [0.2, 0.25) is 10.0 Å². The molecule has 0 aliphatic rings. The summed E-state index contributed by atoms with van der Waals surface area (Å²) in [4.78, 5) is 0.120. The van der Waals surface area contributed by atoms with Crippen LogP contribution >= 0.6 is 0 Å². The van der Waals surface area contributed by atoms with Crippen molar-refractivity contribution in [2.45, 2.75) is 31.1 Å². The SMILES string of the molecule is Cn1cc(S(=O)(=O)N(CCO)CCO)c(C(C)(C)C)n1. The molecule has 0 spiro atoms. The zero-order valence-corrected chi connectivity index (χ0v) is 13.2. The summed E-state index contributed by atoms with van der Waals surface area (Å²) in [7, 11) is -2.12. The standard InChI is InChI=1S/C12H23N3O4S/c1-12(2,3)11-10(9-14(4)13-11)20(18,19)15(5-7-16)6-8-17/h9,16-17H,5-8H2,1-4H3. The summed E-state index contributed by atoms with van der Waals surface area (Å²) in [6.07, 6.45) is 1.46. The van der Waals surface area contributed by atoms with Crippen LogP contribution in [0.4, 0.5) is 0 Å². The van der Waals surface area contributed by atoms with Gasteiger partial charge in [-0.25, -0.2) is 8.42 Å². The highest BCUT2D eigenvalue weighted by Crippen LogP contribution is 2.29. The molecule has 0 aliphatic carbocycles. The molecule has 0 bridgehead atoms.